The van der Waals surface area contributed by atoms with Crippen molar-refractivity contribution in [3.05, 3.63) is 28.3 Å². The van der Waals surface area contributed by atoms with Crippen molar-refractivity contribution < 1.29 is 0 Å². The molecule has 64 valence electrons. The van der Waals surface area contributed by atoms with E-state index in [0.717, 1.165) is 11.1 Å². The van der Waals surface area contributed by atoms with Crippen LogP contribution in [0.5, 0.6) is 0 Å². The molecule has 0 aromatic carbocycles. The molecule has 0 unspecified atom stereocenters. The van der Waals surface area contributed by atoms with Crippen LogP contribution in [-0.4, -0.2) is 17.4 Å². The minimum atomic E-state index is -0.0442. The Morgan fingerprint density at radius 3 is 2.92 bits per heavy atom. The summed E-state index contributed by atoms with van der Waals surface area (Å²) >= 11 is 0. The van der Waals surface area contributed by atoms with E-state index in [4.69, 9.17) is 7.85 Å². The highest BCUT2D eigenvalue weighted by Crippen LogP contribution is 2.07. The Labute approximate surface area is 76.8 Å². The van der Waals surface area contributed by atoms with Crippen LogP contribution in [0.2, 0.25) is 0 Å². The van der Waals surface area contributed by atoms with Crippen LogP contribution in [0.3, 0.4) is 0 Å². The van der Waals surface area contributed by atoms with Gasteiger partial charge in [0, 0.05) is 18.9 Å². The number of pyridine rings is 1. The summed E-state index contributed by atoms with van der Waals surface area (Å²) in [6.07, 6.45) is 1.64. The lowest BCUT2D eigenvalue weighted by atomic mass is 9.95. The molecule has 0 saturated heterocycles. The van der Waals surface area contributed by atoms with E-state index in [-0.39, 0.29) is 5.56 Å². The molecule has 13 heavy (non-hydrogen) atoms. The van der Waals surface area contributed by atoms with Crippen LogP contribution in [0, 0.1) is 6.92 Å². The topological polar surface area (TPSA) is 37.8 Å². The highest BCUT2D eigenvalue weighted by Gasteiger charge is 2.05. The molecule has 2 heterocycles. The summed E-state index contributed by atoms with van der Waals surface area (Å²) in [5.74, 6) is 0. The van der Waals surface area contributed by atoms with E-state index in [2.05, 4.69) is 4.98 Å². The van der Waals surface area contributed by atoms with Gasteiger partial charge in [-0.05, 0) is 18.4 Å². The molecule has 0 bridgehead atoms. The number of nitrogens with one attached hydrogen (secondary N) is 1. The third kappa shape index (κ3) is 1.10. The zero-order chi connectivity index (χ0) is 9.59. The van der Waals surface area contributed by atoms with Crippen LogP contribution >= 0.6 is 0 Å². The Kier molecular flexibility index (Phi) is 1.58. The number of fused-ring (bicyclic) bond motifs is 1. The molecule has 3 nitrogen and oxygen atoms in total. The third-order valence-corrected chi connectivity index (χ3v) is 2.13. The third-order valence-electron chi connectivity index (χ3n) is 2.13. The average Bonchev–Trinajstić information content (AvgIpc) is 2.44. The van der Waals surface area contributed by atoms with Crippen LogP contribution < -0.4 is 11.0 Å². The largest absolute Gasteiger partial charge is 0.354 e. The van der Waals surface area contributed by atoms with E-state index in [1.165, 1.54) is 4.57 Å². The van der Waals surface area contributed by atoms with Crippen molar-refractivity contribution in [2.45, 2.75) is 6.92 Å². The first-order chi connectivity index (χ1) is 6.09. The maximum absolute atomic E-state index is 11.6. The first-order valence-electron chi connectivity index (χ1n) is 4.04. The second-order valence-corrected chi connectivity index (χ2v) is 3.24. The van der Waals surface area contributed by atoms with Gasteiger partial charge in [0.15, 0.2) is 0 Å². The summed E-state index contributed by atoms with van der Waals surface area (Å²) in [5, 5.41) is 0.806. The van der Waals surface area contributed by atoms with Gasteiger partial charge < -0.3 is 9.55 Å². The molecular formula is C9H9BN2O. The number of hydrogen-bond donors (Lipinski definition) is 1. The molecule has 2 radical (unpaired) electrons. The molecule has 0 atom stereocenters. The Morgan fingerprint density at radius 1 is 1.54 bits per heavy atom. The molecule has 0 aliphatic heterocycles. The molecule has 2 aromatic rings. The Bertz CT molecular complexity index is 524. The quantitative estimate of drug-likeness (QED) is 0.556. The molecule has 4 heteroatoms. The summed E-state index contributed by atoms with van der Waals surface area (Å²) in [7, 11) is 7.45. The smallest absolute Gasteiger partial charge is 0.274 e. The van der Waals surface area contributed by atoms with Gasteiger partial charge in [0.05, 0.1) is 0 Å². The molecule has 0 amide bonds. The van der Waals surface area contributed by atoms with E-state index >= 15 is 0 Å². The van der Waals surface area contributed by atoms with E-state index in [9.17, 15) is 4.79 Å². The molecule has 0 saturated carbocycles. The predicted molar refractivity (Wildman–Crippen MR) is 53.7 cm³/mol. The Balaban J connectivity index is 3.04. The van der Waals surface area contributed by atoms with Crippen LogP contribution in [0.15, 0.2) is 17.1 Å². The van der Waals surface area contributed by atoms with Crippen molar-refractivity contribution >= 4 is 24.2 Å². The molecule has 2 rings (SSSR count). The molecule has 1 N–H and O–H groups in total. The number of aromatic nitrogens is 2. The van der Waals surface area contributed by atoms with Crippen molar-refractivity contribution in [3.8, 4) is 0 Å². The van der Waals surface area contributed by atoms with Crippen LogP contribution in [0.25, 0.3) is 10.9 Å². The van der Waals surface area contributed by atoms with Gasteiger partial charge in [-0.25, -0.2) is 0 Å². The molecule has 0 spiro atoms. The second kappa shape index (κ2) is 2.52. The normalized spacial score (nSPS) is 10.9. The summed E-state index contributed by atoms with van der Waals surface area (Å²) in [6.45, 7) is 1.90. The van der Waals surface area contributed by atoms with E-state index in [0.29, 0.717) is 11.0 Å². The molecule has 0 fully saturated rings. The molecule has 0 aliphatic carbocycles. The number of aryl methyl sites for hydroxylation is 2. The number of aromatic amines is 1. The molecule has 0 aliphatic rings. The van der Waals surface area contributed by atoms with E-state index in [1.807, 2.05) is 13.0 Å². The van der Waals surface area contributed by atoms with Gasteiger partial charge in [-0.15, -0.1) is 0 Å². The van der Waals surface area contributed by atoms with Gasteiger partial charge >= 0.3 is 0 Å². The molecule has 2 aromatic heterocycles. The summed E-state index contributed by atoms with van der Waals surface area (Å²) in [5.41, 5.74) is 2.11. The monoisotopic (exact) mass is 172 g/mol. The van der Waals surface area contributed by atoms with Crippen molar-refractivity contribution in [2.75, 3.05) is 0 Å². The summed E-state index contributed by atoms with van der Waals surface area (Å²) in [4.78, 5) is 14.6. The van der Waals surface area contributed by atoms with Gasteiger partial charge in [-0.1, -0.05) is 5.46 Å². The minimum absolute atomic E-state index is 0.0442. The summed E-state index contributed by atoms with van der Waals surface area (Å²) in [6, 6.07) is 1.88. The van der Waals surface area contributed by atoms with Gasteiger partial charge in [0.25, 0.3) is 5.56 Å². The second-order valence-electron chi connectivity index (χ2n) is 3.24. The van der Waals surface area contributed by atoms with E-state index in [1.54, 1.807) is 13.2 Å². The zero-order valence-electron chi connectivity index (χ0n) is 7.59. The lowest BCUT2D eigenvalue weighted by molar-refractivity contribution is 0.875. The fraction of sp³-hybridized carbons (Fsp3) is 0.222. The van der Waals surface area contributed by atoms with Gasteiger partial charge in [0.2, 0.25) is 0 Å². The van der Waals surface area contributed by atoms with Crippen LogP contribution in [0.4, 0.5) is 0 Å². The van der Waals surface area contributed by atoms with Crippen molar-refractivity contribution in [1.82, 2.24) is 9.55 Å². The average molecular weight is 172 g/mol. The van der Waals surface area contributed by atoms with Crippen molar-refractivity contribution in [2.24, 2.45) is 7.05 Å². The maximum Gasteiger partial charge on any atom is 0.274 e. The maximum atomic E-state index is 11.6. The summed E-state index contributed by atoms with van der Waals surface area (Å²) < 4.78 is 1.48. The van der Waals surface area contributed by atoms with Crippen molar-refractivity contribution in [3.63, 3.8) is 0 Å². The van der Waals surface area contributed by atoms with Crippen molar-refractivity contribution in [1.29, 1.82) is 0 Å². The number of nitrogens with zero attached hydrogens (tertiary/aromatic N) is 1. The standard InChI is InChI=1S/C9H9BN2O/c1-5-3-6-7(10)4-12(2)9(13)8(6)11-5/h3-4,11H,1-2H3. The van der Waals surface area contributed by atoms with Crippen LogP contribution in [0.1, 0.15) is 5.69 Å². The SMILES string of the molecule is [B]c1cn(C)c(=O)c2[nH]c(C)cc12. The first kappa shape index (κ1) is 8.17. The van der Waals surface area contributed by atoms with Gasteiger partial charge in [-0.2, -0.15) is 0 Å². The highest BCUT2D eigenvalue weighted by molar-refractivity contribution is 6.38. The minimum Gasteiger partial charge on any atom is -0.354 e. The number of H-pyrrole nitrogens is 1. The zero-order valence-corrected chi connectivity index (χ0v) is 7.59. The van der Waals surface area contributed by atoms with Gasteiger partial charge in [-0.3, -0.25) is 4.79 Å². The first-order valence-corrected chi connectivity index (χ1v) is 4.04. The Hall–Kier alpha value is -1.45. The Morgan fingerprint density at radius 2 is 2.23 bits per heavy atom. The lowest BCUT2D eigenvalue weighted by Gasteiger charge is -2.00. The fourth-order valence-corrected chi connectivity index (χ4v) is 1.50. The van der Waals surface area contributed by atoms with E-state index < -0.39 is 0 Å². The number of rotatable bonds is 0. The molecular weight excluding hydrogens is 163 g/mol. The van der Waals surface area contributed by atoms with Gasteiger partial charge in [0.1, 0.15) is 13.4 Å². The highest BCUT2D eigenvalue weighted by atomic mass is 16.1. The lowest BCUT2D eigenvalue weighted by Crippen LogP contribution is -2.22. The fourth-order valence-electron chi connectivity index (χ4n) is 1.50. The predicted octanol–water partition coefficient (Wildman–Crippen LogP) is -0.0312. The number of hydrogen-bond acceptors (Lipinski definition) is 1. The van der Waals surface area contributed by atoms with Crippen LogP contribution in [-0.2, 0) is 7.05 Å².